The van der Waals surface area contributed by atoms with Crippen molar-refractivity contribution in [2.45, 2.75) is 6.54 Å². The molecular weight excluding hydrogens is 266 g/mol. The molecule has 1 amide bonds. The molecule has 1 heterocycles. The lowest BCUT2D eigenvalue weighted by atomic mass is 10.1. The number of aromatic nitrogens is 2. The minimum absolute atomic E-state index is 0.144. The summed E-state index contributed by atoms with van der Waals surface area (Å²) < 4.78 is 0. The predicted molar refractivity (Wildman–Crippen MR) is 80.0 cm³/mol. The van der Waals surface area contributed by atoms with Crippen LogP contribution in [-0.2, 0) is 6.54 Å². The van der Waals surface area contributed by atoms with Crippen molar-refractivity contribution >= 4 is 16.8 Å². The molecule has 0 atom stereocenters. The Kier molecular flexibility index (Phi) is 3.47. The first kappa shape index (κ1) is 13.1. The lowest BCUT2D eigenvalue weighted by Crippen LogP contribution is -2.27. The van der Waals surface area contributed by atoms with Crippen LogP contribution in [0.15, 0.2) is 59.4 Å². The molecule has 0 spiro atoms. The van der Waals surface area contributed by atoms with Crippen LogP contribution in [0.4, 0.5) is 0 Å². The van der Waals surface area contributed by atoms with Crippen LogP contribution in [0.2, 0.25) is 0 Å². The van der Waals surface area contributed by atoms with E-state index in [1.807, 2.05) is 30.3 Å². The highest BCUT2D eigenvalue weighted by molar-refractivity contribution is 6.04. The summed E-state index contributed by atoms with van der Waals surface area (Å²) in [6.45, 7) is 0.391. The summed E-state index contributed by atoms with van der Waals surface area (Å²) in [5.74, 6) is -0.360. The fourth-order valence-electron chi connectivity index (χ4n) is 2.14. The van der Waals surface area contributed by atoms with Crippen LogP contribution in [0.3, 0.4) is 0 Å². The zero-order chi connectivity index (χ0) is 14.7. The van der Waals surface area contributed by atoms with Gasteiger partial charge in [-0.1, -0.05) is 48.5 Å². The number of H-pyrrole nitrogens is 1. The fourth-order valence-corrected chi connectivity index (χ4v) is 2.14. The van der Waals surface area contributed by atoms with Gasteiger partial charge < -0.3 is 10.3 Å². The van der Waals surface area contributed by atoms with Gasteiger partial charge in [-0.15, -0.1) is 0 Å². The van der Waals surface area contributed by atoms with Crippen LogP contribution < -0.4 is 11.0 Å². The SMILES string of the molecule is O=C(NCc1ccccc1)c1nc(=O)[nH]c2ccccc12. The molecular formula is C16H13N3O2. The third kappa shape index (κ3) is 2.81. The molecule has 0 aliphatic carbocycles. The van der Waals surface area contributed by atoms with Crippen LogP contribution in [0, 0.1) is 0 Å². The smallest absolute Gasteiger partial charge is 0.346 e. The molecule has 0 saturated carbocycles. The summed E-state index contributed by atoms with van der Waals surface area (Å²) in [6.07, 6.45) is 0. The summed E-state index contributed by atoms with van der Waals surface area (Å²) in [6, 6.07) is 16.7. The van der Waals surface area contributed by atoms with Crippen molar-refractivity contribution in [3.8, 4) is 0 Å². The van der Waals surface area contributed by atoms with Gasteiger partial charge in [-0.3, -0.25) is 4.79 Å². The molecule has 2 aromatic carbocycles. The van der Waals surface area contributed by atoms with E-state index < -0.39 is 5.69 Å². The van der Waals surface area contributed by atoms with Gasteiger partial charge in [0.05, 0.1) is 5.52 Å². The summed E-state index contributed by atoms with van der Waals surface area (Å²) in [5, 5.41) is 3.41. The standard InChI is InChI=1S/C16H13N3O2/c20-15(17-10-11-6-2-1-3-7-11)14-12-8-4-5-9-13(12)18-16(21)19-14/h1-9H,10H2,(H,17,20)(H,18,19,21). The Morgan fingerprint density at radius 1 is 1.05 bits per heavy atom. The molecule has 5 nitrogen and oxygen atoms in total. The number of rotatable bonds is 3. The van der Waals surface area contributed by atoms with Crippen LogP contribution in [-0.4, -0.2) is 15.9 Å². The molecule has 104 valence electrons. The van der Waals surface area contributed by atoms with E-state index in [0.29, 0.717) is 17.4 Å². The highest BCUT2D eigenvalue weighted by Crippen LogP contribution is 2.12. The molecule has 0 fully saturated rings. The Balaban J connectivity index is 1.89. The number of aromatic amines is 1. The van der Waals surface area contributed by atoms with Gasteiger partial charge >= 0.3 is 5.69 Å². The maximum absolute atomic E-state index is 12.3. The maximum Gasteiger partial charge on any atom is 0.346 e. The molecule has 2 N–H and O–H groups in total. The van der Waals surface area contributed by atoms with E-state index in [1.54, 1.807) is 24.3 Å². The van der Waals surface area contributed by atoms with Crippen molar-refractivity contribution in [2.75, 3.05) is 0 Å². The lowest BCUT2D eigenvalue weighted by molar-refractivity contribution is 0.0947. The first-order chi connectivity index (χ1) is 10.2. The van der Waals surface area contributed by atoms with Crippen molar-refractivity contribution in [1.29, 1.82) is 0 Å². The van der Waals surface area contributed by atoms with E-state index in [-0.39, 0.29) is 11.6 Å². The van der Waals surface area contributed by atoms with Gasteiger partial charge in [0.25, 0.3) is 5.91 Å². The van der Waals surface area contributed by atoms with Crippen molar-refractivity contribution < 1.29 is 4.79 Å². The Hall–Kier alpha value is -2.95. The highest BCUT2D eigenvalue weighted by Gasteiger charge is 2.12. The number of benzene rings is 2. The number of carbonyl (C=O) groups is 1. The number of para-hydroxylation sites is 1. The van der Waals surface area contributed by atoms with Gasteiger partial charge in [-0.2, -0.15) is 4.98 Å². The minimum Gasteiger partial charge on any atom is -0.347 e. The molecule has 3 rings (SSSR count). The van der Waals surface area contributed by atoms with Gasteiger partial charge in [0, 0.05) is 11.9 Å². The Labute approximate surface area is 120 Å². The van der Waals surface area contributed by atoms with E-state index in [2.05, 4.69) is 15.3 Å². The van der Waals surface area contributed by atoms with Crippen molar-refractivity contribution in [3.63, 3.8) is 0 Å². The van der Waals surface area contributed by atoms with Crippen LogP contribution >= 0.6 is 0 Å². The van der Waals surface area contributed by atoms with Gasteiger partial charge in [-0.05, 0) is 11.6 Å². The topological polar surface area (TPSA) is 74.8 Å². The Morgan fingerprint density at radius 2 is 1.76 bits per heavy atom. The number of amides is 1. The second-order valence-corrected chi connectivity index (χ2v) is 4.60. The molecule has 0 bridgehead atoms. The van der Waals surface area contributed by atoms with E-state index in [0.717, 1.165) is 5.56 Å². The average molecular weight is 279 g/mol. The molecule has 1 aromatic heterocycles. The summed E-state index contributed by atoms with van der Waals surface area (Å²) in [4.78, 5) is 30.2. The minimum atomic E-state index is -0.529. The molecule has 0 saturated heterocycles. The molecule has 5 heteroatoms. The Bertz CT molecular complexity index is 841. The van der Waals surface area contributed by atoms with E-state index in [4.69, 9.17) is 0 Å². The third-order valence-corrected chi connectivity index (χ3v) is 3.15. The molecule has 0 aliphatic heterocycles. The van der Waals surface area contributed by atoms with Crippen LogP contribution in [0.25, 0.3) is 10.9 Å². The quantitative estimate of drug-likeness (QED) is 0.768. The lowest BCUT2D eigenvalue weighted by Gasteiger charge is -2.07. The molecule has 0 unspecified atom stereocenters. The summed E-state index contributed by atoms with van der Waals surface area (Å²) in [7, 11) is 0. The first-order valence-electron chi connectivity index (χ1n) is 6.55. The Morgan fingerprint density at radius 3 is 2.57 bits per heavy atom. The molecule has 21 heavy (non-hydrogen) atoms. The molecule has 3 aromatic rings. The highest BCUT2D eigenvalue weighted by atomic mass is 16.2. The fraction of sp³-hybridized carbons (Fsp3) is 0.0625. The number of carbonyl (C=O) groups excluding carboxylic acids is 1. The van der Waals surface area contributed by atoms with E-state index in [1.165, 1.54) is 0 Å². The third-order valence-electron chi connectivity index (χ3n) is 3.15. The predicted octanol–water partition coefficient (Wildman–Crippen LogP) is 1.85. The zero-order valence-electron chi connectivity index (χ0n) is 11.2. The van der Waals surface area contributed by atoms with Crippen molar-refractivity contribution in [2.24, 2.45) is 0 Å². The second kappa shape index (κ2) is 5.58. The van der Waals surface area contributed by atoms with Crippen LogP contribution in [0.1, 0.15) is 16.1 Å². The largest absolute Gasteiger partial charge is 0.347 e. The van der Waals surface area contributed by atoms with Crippen LogP contribution in [0.5, 0.6) is 0 Å². The summed E-state index contributed by atoms with van der Waals surface area (Å²) in [5.41, 5.74) is 1.20. The normalized spacial score (nSPS) is 10.5. The average Bonchev–Trinajstić information content (AvgIpc) is 2.52. The number of fused-ring (bicyclic) bond motifs is 1. The van der Waals surface area contributed by atoms with Gasteiger partial charge in [-0.25, -0.2) is 4.79 Å². The van der Waals surface area contributed by atoms with Gasteiger partial charge in [0.15, 0.2) is 0 Å². The molecule has 0 aliphatic rings. The second-order valence-electron chi connectivity index (χ2n) is 4.60. The zero-order valence-corrected chi connectivity index (χ0v) is 11.2. The number of nitrogens with one attached hydrogen (secondary N) is 2. The van der Waals surface area contributed by atoms with Crippen molar-refractivity contribution in [3.05, 3.63) is 76.3 Å². The molecule has 0 radical (unpaired) electrons. The van der Waals surface area contributed by atoms with Crippen molar-refractivity contribution in [1.82, 2.24) is 15.3 Å². The number of nitrogens with zero attached hydrogens (tertiary/aromatic N) is 1. The summed E-state index contributed by atoms with van der Waals surface area (Å²) >= 11 is 0. The maximum atomic E-state index is 12.3. The van der Waals surface area contributed by atoms with Gasteiger partial charge in [0.1, 0.15) is 5.69 Å². The monoisotopic (exact) mass is 279 g/mol. The number of hydrogen-bond acceptors (Lipinski definition) is 3. The van der Waals surface area contributed by atoms with Gasteiger partial charge in [0.2, 0.25) is 0 Å². The number of hydrogen-bond donors (Lipinski definition) is 2. The van der Waals surface area contributed by atoms with E-state index in [9.17, 15) is 9.59 Å². The first-order valence-corrected chi connectivity index (χ1v) is 6.55. The van der Waals surface area contributed by atoms with E-state index >= 15 is 0 Å².